The lowest BCUT2D eigenvalue weighted by molar-refractivity contribution is -0.151. The van der Waals surface area contributed by atoms with Gasteiger partial charge in [-0.2, -0.15) is 0 Å². The molecule has 0 radical (unpaired) electrons. The maximum Gasteiger partial charge on any atom is 0.408 e. The summed E-state index contributed by atoms with van der Waals surface area (Å²) in [7, 11) is -3.79. The summed E-state index contributed by atoms with van der Waals surface area (Å²) in [6, 6.07) is 11.7. The van der Waals surface area contributed by atoms with Gasteiger partial charge in [-0.25, -0.2) is 26.8 Å². The van der Waals surface area contributed by atoms with E-state index < -0.39 is 57.5 Å². The fourth-order valence-electron chi connectivity index (χ4n) is 4.65. The number of halogens is 2. The zero-order valence-corrected chi connectivity index (χ0v) is 26.9. The van der Waals surface area contributed by atoms with E-state index in [1.165, 1.54) is 6.20 Å². The van der Waals surface area contributed by atoms with E-state index in [4.69, 9.17) is 15.2 Å². The number of nitrogens with one attached hydrogen (secondary N) is 2. The summed E-state index contributed by atoms with van der Waals surface area (Å²) in [5, 5.41) is 5.53. The molecule has 0 bridgehead atoms. The molecule has 1 amide bonds. The van der Waals surface area contributed by atoms with Crippen LogP contribution in [-0.4, -0.2) is 61.7 Å². The summed E-state index contributed by atoms with van der Waals surface area (Å²) in [6.07, 6.45) is 2.73. The van der Waals surface area contributed by atoms with Gasteiger partial charge in [0, 0.05) is 43.2 Å². The molecule has 0 spiro atoms. The zero-order chi connectivity index (χ0) is 33.5. The van der Waals surface area contributed by atoms with Crippen molar-refractivity contribution in [2.24, 2.45) is 5.73 Å². The highest BCUT2D eigenvalue weighted by Crippen LogP contribution is 2.14. The maximum atomic E-state index is 13.9. The van der Waals surface area contributed by atoms with Gasteiger partial charge in [0.05, 0.1) is 11.5 Å². The predicted molar refractivity (Wildman–Crippen MR) is 170 cm³/mol. The molecule has 4 N–H and O–H groups in total. The maximum absolute atomic E-state index is 13.9. The molecule has 250 valence electrons. The van der Waals surface area contributed by atoms with Crippen molar-refractivity contribution in [1.29, 1.82) is 0 Å². The number of carbonyl (C=O) groups is 2. The highest BCUT2D eigenvalue weighted by molar-refractivity contribution is 7.91. The molecule has 0 aliphatic carbocycles. The molecule has 0 saturated heterocycles. The third-order valence-corrected chi connectivity index (χ3v) is 8.86. The van der Waals surface area contributed by atoms with E-state index in [1.54, 1.807) is 18.3 Å². The van der Waals surface area contributed by atoms with Crippen LogP contribution in [0.3, 0.4) is 0 Å². The van der Waals surface area contributed by atoms with Crippen LogP contribution in [0.25, 0.3) is 0 Å². The van der Waals surface area contributed by atoms with Crippen molar-refractivity contribution >= 4 is 21.9 Å². The fourth-order valence-corrected chi connectivity index (χ4v) is 6.27. The largest absolute Gasteiger partial charge is 0.458 e. The molecule has 0 fully saturated rings. The summed E-state index contributed by atoms with van der Waals surface area (Å²) in [5.41, 5.74) is 9.38. The molecule has 3 rings (SSSR count). The smallest absolute Gasteiger partial charge is 0.408 e. The first-order valence-electron chi connectivity index (χ1n) is 15.2. The van der Waals surface area contributed by atoms with Gasteiger partial charge < -0.3 is 25.8 Å². The number of benzene rings is 2. The highest BCUT2D eigenvalue weighted by atomic mass is 32.2. The Kier molecular flexibility index (Phi) is 14.5. The first-order valence-corrected chi connectivity index (χ1v) is 17.0. The topological polar surface area (TPSA) is 150 Å². The minimum absolute atomic E-state index is 0.0296. The molecular weight excluding hydrogens is 618 g/mol. The number of sulfone groups is 1. The second kappa shape index (κ2) is 18.3. The van der Waals surface area contributed by atoms with Gasteiger partial charge >= 0.3 is 12.1 Å². The van der Waals surface area contributed by atoms with E-state index >= 15 is 0 Å². The van der Waals surface area contributed by atoms with Crippen LogP contribution in [0.2, 0.25) is 0 Å². The SMILES string of the molecule is CCCCS(=O)(=O)C[C@@H](NC(=O)OCc1cccnc1)C(=O)O[C@H](CNCc1cccc(CC)c1)C(N)Cc1cc(F)cc(F)c1. The Morgan fingerprint density at radius 1 is 0.978 bits per heavy atom. The third-order valence-electron chi connectivity index (χ3n) is 7.11. The molecule has 1 heterocycles. The van der Waals surface area contributed by atoms with Gasteiger partial charge in [0.2, 0.25) is 0 Å². The Labute approximate surface area is 269 Å². The molecule has 0 aliphatic rings. The van der Waals surface area contributed by atoms with Crippen molar-refractivity contribution in [3.63, 3.8) is 0 Å². The average Bonchev–Trinajstić information content (AvgIpc) is 3.02. The monoisotopic (exact) mass is 660 g/mol. The number of hydrogen-bond acceptors (Lipinski definition) is 9. The molecule has 2 aromatic carbocycles. The van der Waals surface area contributed by atoms with Crippen LogP contribution in [0.1, 0.15) is 48.9 Å². The van der Waals surface area contributed by atoms with Gasteiger partial charge in [0.1, 0.15) is 30.4 Å². The van der Waals surface area contributed by atoms with Gasteiger partial charge in [-0.15, -0.1) is 0 Å². The van der Waals surface area contributed by atoms with Crippen molar-refractivity contribution in [1.82, 2.24) is 15.6 Å². The predicted octanol–water partition coefficient (Wildman–Crippen LogP) is 4.00. The number of aromatic nitrogens is 1. The van der Waals surface area contributed by atoms with Crippen LogP contribution in [-0.2, 0) is 50.1 Å². The number of carbonyl (C=O) groups excluding carboxylic acids is 2. The van der Waals surface area contributed by atoms with Crippen LogP contribution < -0.4 is 16.4 Å². The number of alkyl carbamates (subject to hydrolysis) is 1. The second-order valence-electron chi connectivity index (χ2n) is 11.0. The van der Waals surface area contributed by atoms with Crippen LogP contribution in [0.5, 0.6) is 0 Å². The van der Waals surface area contributed by atoms with Crippen LogP contribution in [0.4, 0.5) is 13.6 Å². The van der Waals surface area contributed by atoms with Gasteiger partial charge in [-0.05, 0) is 54.2 Å². The molecule has 1 unspecified atom stereocenters. The minimum Gasteiger partial charge on any atom is -0.458 e. The van der Waals surface area contributed by atoms with Crippen molar-refractivity contribution in [3.05, 3.63) is 101 Å². The summed E-state index contributed by atoms with van der Waals surface area (Å²) in [6.45, 7) is 4.14. The van der Waals surface area contributed by atoms with E-state index in [-0.39, 0.29) is 30.9 Å². The first-order chi connectivity index (χ1) is 22.0. The lowest BCUT2D eigenvalue weighted by Crippen LogP contribution is -2.52. The number of hydrogen-bond donors (Lipinski definition) is 3. The molecule has 0 saturated carbocycles. The quantitative estimate of drug-likeness (QED) is 0.172. The Morgan fingerprint density at radius 3 is 2.37 bits per heavy atom. The Morgan fingerprint density at radius 2 is 1.70 bits per heavy atom. The minimum atomic E-state index is -3.79. The molecule has 13 heteroatoms. The number of ether oxygens (including phenoxy) is 2. The Bertz CT molecular complexity index is 1510. The van der Waals surface area contributed by atoms with Gasteiger partial charge in [0.25, 0.3) is 0 Å². The number of nitrogens with two attached hydrogens (primary N) is 1. The molecule has 10 nitrogen and oxygen atoms in total. The number of amides is 1. The van der Waals surface area contributed by atoms with Crippen LogP contribution >= 0.6 is 0 Å². The number of rotatable bonds is 18. The highest BCUT2D eigenvalue weighted by Gasteiger charge is 2.32. The van der Waals surface area contributed by atoms with Crippen LogP contribution in [0.15, 0.2) is 67.0 Å². The van der Waals surface area contributed by atoms with Crippen molar-refractivity contribution in [2.45, 2.75) is 70.9 Å². The number of nitrogens with zero attached hydrogens (tertiary/aromatic N) is 1. The van der Waals surface area contributed by atoms with Gasteiger partial charge in [-0.3, -0.25) is 4.98 Å². The molecule has 46 heavy (non-hydrogen) atoms. The Hall–Kier alpha value is -3.94. The number of unbranched alkanes of at least 4 members (excludes halogenated alkanes) is 1. The molecule has 1 aromatic heterocycles. The number of pyridine rings is 1. The second-order valence-corrected chi connectivity index (χ2v) is 13.3. The number of esters is 1. The molecule has 0 aliphatic heterocycles. The summed E-state index contributed by atoms with van der Waals surface area (Å²) in [5.74, 6) is -3.51. The molecular formula is C33H42F2N4O6S. The van der Waals surface area contributed by atoms with Crippen molar-refractivity contribution in [3.8, 4) is 0 Å². The average molecular weight is 661 g/mol. The van der Waals surface area contributed by atoms with E-state index in [9.17, 15) is 26.8 Å². The first kappa shape index (κ1) is 36.5. The van der Waals surface area contributed by atoms with Gasteiger partial charge in [-0.1, -0.05) is 50.6 Å². The number of aryl methyl sites for hydroxylation is 1. The lowest BCUT2D eigenvalue weighted by Gasteiger charge is -2.27. The lowest BCUT2D eigenvalue weighted by atomic mass is 10.0. The van der Waals surface area contributed by atoms with Gasteiger partial charge in [0.15, 0.2) is 9.84 Å². The zero-order valence-electron chi connectivity index (χ0n) is 26.1. The summed E-state index contributed by atoms with van der Waals surface area (Å²) in [4.78, 5) is 30.1. The van der Waals surface area contributed by atoms with E-state index in [0.717, 1.165) is 35.7 Å². The Balaban J connectivity index is 1.78. The third kappa shape index (κ3) is 12.8. The molecule has 3 aromatic rings. The summed E-state index contributed by atoms with van der Waals surface area (Å²) >= 11 is 0. The van der Waals surface area contributed by atoms with Crippen molar-refractivity contribution in [2.75, 3.05) is 18.1 Å². The standard InChI is InChI=1S/C33H42F2N4O6S/c1-3-5-12-46(42,43)22-30(39-33(41)44-21-25-10-7-11-37-19-25)32(40)45-31(20-38-18-24-9-6-8-23(4-2)13-24)29(36)16-26-14-27(34)17-28(35)15-26/h6-11,13-15,17,19,29-31,38H,3-5,12,16,18,20-22,36H2,1-2H3,(H,39,41)/t29?,30-,31-/m1/s1. The fraction of sp³-hybridized carbons (Fsp3) is 0.424. The summed E-state index contributed by atoms with van der Waals surface area (Å²) < 4.78 is 64.4. The van der Waals surface area contributed by atoms with E-state index in [1.807, 2.05) is 38.1 Å². The van der Waals surface area contributed by atoms with E-state index in [2.05, 4.69) is 15.6 Å². The van der Waals surface area contributed by atoms with E-state index in [0.29, 0.717) is 24.9 Å². The normalized spacial score (nSPS) is 13.4. The molecule has 3 atom stereocenters. The van der Waals surface area contributed by atoms with Crippen LogP contribution in [0, 0.1) is 11.6 Å². The van der Waals surface area contributed by atoms with Crippen molar-refractivity contribution < 1.29 is 36.3 Å².